The molecule has 0 fully saturated rings. The number of hydrogen-bond donors (Lipinski definition) is 2. The molecule has 0 aliphatic carbocycles. The summed E-state index contributed by atoms with van der Waals surface area (Å²) in [6.07, 6.45) is 2.73. The maximum Gasteiger partial charge on any atom is 0.307 e. The van der Waals surface area contributed by atoms with E-state index >= 15 is 0 Å². The number of nitrogens with zero attached hydrogens (tertiary/aromatic N) is 2. The molecule has 0 spiro atoms. The molecule has 1 heterocycles. The van der Waals surface area contributed by atoms with Crippen LogP contribution in [0.1, 0.15) is 51.4 Å². The third-order valence-electron chi connectivity index (χ3n) is 3.36. The van der Waals surface area contributed by atoms with E-state index in [-0.39, 0.29) is 5.92 Å². The number of nitrogens with one attached hydrogen (secondary N) is 1. The molecular formula is C15H27N3O2. The van der Waals surface area contributed by atoms with E-state index in [0.29, 0.717) is 31.5 Å². The molecule has 5 heteroatoms. The Labute approximate surface area is 121 Å². The Morgan fingerprint density at radius 3 is 2.50 bits per heavy atom. The highest BCUT2D eigenvalue weighted by Gasteiger charge is 2.18. The lowest BCUT2D eigenvalue weighted by atomic mass is 9.97. The molecule has 1 rings (SSSR count). The summed E-state index contributed by atoms with van der Waals surface area (Å²) in [5, 5.41) is 16.9. The van der Waals surface area contributed by atoms with E-state index in [1.807, 2.05) is 31.6 Å². The van der Waals surface area contributed by atoms with Crippen molar-refractivity contribution < 1.29 is 9.90 Å². The molecule has 114 valence electrons. The van der Waals surface area contributed by atoms with E-state index in [9.17, 15) is 9.90 Å². The Kier molecular flexibility index (Phi) is 6.20. The van der Waals surface area contributed by atoms with Gasteiger partial charge in [0.1, 0.15) is 0 Å². The van der Waals surface area contributed by atoms with Crippen LogP contribution >= 0.6 is 0 Å². The van der Waals surface area contributed by atoms with Crippen LogP contribution in [0.25, 0.3) is 0 Å². The van der Waals surface area contributed by atoms with Gasteiger partial charge in [0.25, 0.3) is 0 Å². The summed E-state index contributed by atoms with van der Waals surface area (Å²) in [7, 11) is 0. The summed E-state index contributed by atoms with van der Waals surface area (Å²) in [5.74, 6) is -0.653. The third-order valence-corrected chi connectivity index (χ3v) is 3.36. The molecule has 5 nitrogen and oxygen atoms in total. The van der Waals surface area contributed by atoms with E-state index in [2.05, 4.69) is 24.3 Å². The van der Waals surface area contributed by atoms with Gasteiger partial charge >= 0.3 is 5.97 Å². The van der Waals surface area contributed by atoms with Crippen molar-refractivity contribution in [3.63, 3.8) is 0 Å². The molecule has 1 atom stereocenters. The molecule has 2 N–H and O–H groups in total. The average Bonchev–Trinajstić information content (AvgIpc) is 2.69. The predicted octanol–water partition coefficient (Wildman–Crippen LogP) is 2.61. The number of rotatable bonds is 8. The highest BCUT2D eigenvalue weighted by Crippen LogP contribution is 2.13. The molecule has 1 unspecified atom stereocenters. The Morgan fingerprint density at radius 2 is 2.05 bits per heavy atom. The van der Waals surface area contributed by atoms with E-state index in [1.165, 1.54) is 0 Å². The molecule has 1 aromatic rings. The summed E-state index contributed by atoms with van der Waals surface area (Å²) >= 11 is 0. The van der Waals surface area contributed by atoms with Crippen molar-refractivity contribution in [2.75, 3.05) is 6.54 Å². The molecule has 20 heavy (non-hydrogen) atoms. The summed E-state index contributed by atoms with van der Waals surface area (Å²) in [6, 6.07) is 0.343. The molecule has 0 bridgehead atoms. The second-order valence-corrected chi connectivity index (χ2v) is 6.11. The van der Waals surface area contributed by atoms with Gasteiger partial charge in [-0.05, 0) is 33.1 Å². The van der Waals surface area contributed by atoms with Crippen LogP contribution in [0.5, 0.6) is 0 Å². The third kappa shape index (κ3) is 4.96. The second kappa shape index (κ2) is 7.43. The molecule has 0 aromatic carbocycles. The number of aryl methyl sites for hydroxylation is 1. The second-order valence-electron chi connectivity index (χ2n) is 6.11. The van der Waals surface area contributed by atoms with Crippen LogP contribution in [0.2, 0.25) is 0 Å². The van der Waals surface area contributed by atoms with Crippen molar-refractivity contribution in [2.45, 2.75) is 53.6 Å². The van der Waals surface area contributed by atoms with Gasteiger partial charge in [0.15, 0.2) is 0 Å². The number of hydrogen-bond acceptors (Lipinski definition) is 3. The van der Waals surface area contributed by atoms with Crippen LogP contribution < -0.4 is 5.32 Å². The topological polar surface area (TPSA) is 67.2 Å². The van der Waals surface area contributed by atoms with Crippen molar-refractivity contribution in [2.24, 2.45) is 11.8 Å². The normalized spacial score (nSPS) is 13.2. The SMILES string of the molecule is Cc1nn(C(C)C)cc1CNCC(CC(C)C)C(=O)O. The molecule has 0 amide bonds. The van der Waals surface area contributed by atoms with Crippen molar-refractivity contribution in [3.05, 3.63) is 17.5 Å². The molecule has 0 saturated carbocycles. The zero-order valence-electron chi connectivity index (χ0n) is 13.2. The largest absolute Gasteiger partial charge is 0.481 e. The van der Waals surface area contributed by atoms with Crippen molar-refractivity contribution in [3.8, 4) is 0 Å². The van der Waals surface area contributed by atoms with Gasteiger partial charge in [-0.1, -0.05) is 13.8 Å². The zero-order valence-corrected chi connectivity index (χ0v) is 13.2. The minimum absolute atomic E-state index is 0.324. The van der Waals surface area contributed by atoms with Crippen LogP contribution in [0.3, 0.4) is 0 Å². The van der Waals surface area contributed by atoms with E-state index < -0.39 is 5.97 Å². The Morgan fingerprint density at radius 1 is 1.40 bits per heavy atom. The van der Waals surface area contributed by atoms with E-state index in [0.717, 1.165) is 11.3 Å². The molecule has 0 aliphatic rings. The molecule has 0 saturated heterocycles. The highest BCUT2D eigenvalue weighted by atomic mass is 16.4. The van der Waals surface area contributed by atoms with Gasteiger partial charge in [0.05, 0.1) is 11.6 Å². The van der Waals surface area contributed by atoms with Gasteiger partial charge in [-0.2, -0.15) is 5.10 Å². The van der Waals surface area contributed by atoms with Gasteiger partial charge in [0.2, 0.25) is 0 Å². The minimum Gasteiger partial charge on any atom is -0.481 e. The maximum absolute atomic E-state index is 11.2. The lowest BCUT2D eigenvalue weighted by molar-refractivity contribution is -0.142. The zero-order chi connectivity index (χ0) is 15.3. The molecule has 0 radical (unpaired) electrons. The first kappa shape index (κ1) is 16.7. The molecule has 1 aromatic heterocycles. The number of carboxylic acids is 1. The fourth-order valence-corrected chi connectivity index (χ4v) is 2.18. The van der Waals surface area contributed by atoms with Gasteiger partial charge in [-0.3, -0.25) is 9.48 Å². The highest BCUT2D eigenvalue weighted by molar-refractivity contribution is 5.70. The number of carbonyl (C=O) groups is 1. The van der Waals surface area contributed by atoms with Gasteiger partial charge in [0, 0.05) is 30.9 Å². The van der Waals surface area contributed by atoms with E-state index in [4.69, 9.17) is 0 Å². The quantitative estimate of drug-likeness (QED) is 0.768. The summed E-state index contributed by atoms with van der Waals surface area (Å²) in [6.45, 7) is 11.4. The van der Waals surface area contributed by atoms with Crippen LogP contribution in [-0.4, -0.2) is 27.4 Å². The van der Waals surface area contributed by atoms with Crippen molar-refractivity contribution >= 4 is 5.97 Å². The lowest BCUT2D eigenvalue weighted by Crippen LogP contribution is -2.29. The van der Waals surface area contributed by atoms with Gasteiger partial charge in [-0.15, -0.1) is 0 Å². The Hall–Kier alpha value is -1.36. The summed E-state index contributed by atoms with van der Waals surface area (Å²) in [5.41, 5.74) is 2.13. The number of aliphatic carboxylic acids is 1. The molecular weight excluding hydrogens is 254 g/mol. The van der Waals surface area contributed by atoms with Crippen LogP contribution in [-0.2, 0) is 11.3 Å². The smallest absolute Gasteiger partial charge is 0.307 e. The number of aromatic nitrogens is 2. The standard InChI is InChI=1S/C15H27N3O2/c1-10(2)6-13(15(19)20)7-16-8-14-9-18(11(3)4)17-12(14)5/h9-11,13,16H,6-8H2,1-5H3,(H,19,20). The van der Waals surface area contributed by atoms with Crippen LogP contribution in [0.4, 0.5) is 0 Å². The van der Waals surface area contributed by atoms with Crippen molar-refractivity contribution in [1.82, 2.24) is 15.1 Å². The minimum atomic E-state index is -0.721. The fraction of sp³-hybridized carbons (Fsp3) is 0.733. The number of carboxylic acid groups (broad SMARTS) is 1. The van der Waals surface area contributed by atoms with E-state index in [1.54, 1.807) is 0 Å². The summed E-state index contributed by atoms with van der Waals surface area (Å²) in [4.78, 5) is 11.2. The van der Waals surface area contributed by atoms with Crippen molar-refractivity contribution in [1.29, 1.82) is 0 Å². The van der Waals surface area contributed by atoms with Crippen LogP contribution in [0, 0.1) is 18.8 Å². The van der Waals surface area contributed by atoms with Crippen LogP contribution in [0.15, 0.2) is 6.20 Å². The maximum atomic E-state index is 11.2. The first-order chi connectivity index (χ1) is 9.31. The average molecular weight is 281 g/mol. The first-order valence-corrected chi connectivity index (χ1v) is 7.29. The monoisotopic (exact) mass is 281 g/mol. The first-order valence-electron chi connectivity index (χ1n) is 7.29. The summed E-state index contributed by atoms with van der Waals surface area (Å²) < 4.78 is 1.94. The van der Waals surface area contributed by atoms with Gasteiger partial charge in [-0.25, -0.2) is 0 Å². The van der Waals surface area contributed by atoms with Gasteiger partial charge < -0.3 is 10.4 Å². The Balaban J connectivity index is 2.52. The predicted molar refractivity (Wildman–Crippen MR) is 79.6 cm³/mol. The fourth-order valence-electron chi connectivity index (χ4n) is 2.18. The Bertz CT molecular complexity index is 438. The molecule has 0 aliphatic heterocycles. The lowest BCUT2D eigenvalue weighted by Gasteiger charge is -2.15.